The van der Waals surface area contributed by atoms with Crippen LogP contribution in [0, 0.1) is 0 Å². The Balaban J connectivity index is 3.44. The Kier molecular flexibility index (Phi) is 54.8. The normalized spacial score (nSPS) is 13.5. The van der Waals surface area contributed by atoms with Crippen molar-refractivity contribution < 1.29 is 15.0 Å². The maximum absolute atomic E-state index is 12.5. The number of carbonyl (C=O) groups is 1. The van der Waals surface area contributed by atoms with Gasteiger partial charge >= 0.3 is 0 Å². The average molecular weight is 919 g/mol. The Hall–Kier alpha value is -2.43. The van der Waals surface area contributed by atoms with Gasteiger partial charge < -0.3 is 15.5 Å². The molecular weight excluding hydrogens is 807 g/mol. The first-order valence-corrected chi connectivity index (χ1v) is 28.8. The molecule has 0 spiro atoms. The molecule has 0 aromatic heterocycles. The van der Waals surface area contributed by atoms with Crippen LogP contribution < -0.4 is 5.32 Å². The molecular formula is C62H111NO3. The molecule has 0 radical (unpaired) electrons. The van der Waals surface area contributed by atoms with Crippen LogP contribution >= 0.6 is 0 Å². The van der Waals surface area contributed by atoms with E-state index in [-0.39, 0.29) is 12.5 Å². The molecule has 0 saturated heterocycles. The Morgan fingerprint density at radius 1 is 0.379 bits per heavy atom. The van der Waals surface area contributed by atoms with Crippen LogP contribution in [0.5, 0.6) is 0 Å². The molecule has 0 bridgehead atoms. The number of carbonyl (C=O) groups excluding carboxylic acids is 1. The number of amides is 1. The van der Waals surface area contributed by atoms with Gasteiger partial charge in [0.2, 0.25) is 5.91 Å². The largest absolute Gasteiger partial charge is 0.394 e. The van der Waals surface area contributed by atoms with Gasteiger partial charge in [0.25, 0.3) is 0 Å². The predicted molar refractivity (Wildman–Crippen MR) is 294 cm³/mol. The quantitative estimate of drug-likeness (QED) is 0.0421. The van der Waals surface area contributed by atoms with Crippen LogP contribution in [-0.2, 0) is 4.79 Å². The van der Waals surface area contributed by atoms with Crippen molar-refractivity contribution in [2.45, 2.75) is 296 Å². The number of allylic oxidation sites excluding steroid dienone is 14. The Bertz CT molecular complexity index is 1180. The van der Waals surface area contributed by atoms with Crippen molar-refractivity contribution >= 4 is 5.91 Å². The molecule has 66 heavy (non-hydrogen) atoms. The second-order valence-electron chi connectivity index (χ2n) is 19.3. The molecule has 0 saturated carbocycles. The first-order valence-electron chi connectivity index (χ1n) is 28.8. The lowest BCUT2D eigenvalue weighted by Crippen LogP contribution is -2.45. The van der Waals surface area contributed by atoms with Gasteiger partial charge in [-0.05, 0) is 70.6 Å². The van der Waals surface area contributed by atoms with E-state index >= 15 is 0 Å². The van der Waals surface area contributed by atoms with Crippen LogP contribution in [-0.4, -0.2) is 34.9 Å². The molecule has 0 heterocycles. The number of hydrogen-bond acceptors (Lipinski definition) is 3. The predicted octanol–water partition coefficient (Wildman–Crippen LogP) is 19.1. The van der Waals surface area contributed by atoms with Crippen molar-refractivity contribution in [1.82, 2.24) is 5.32 Å². The highest BCUT2D eigenvalue weighted by Crippen LogP contribution is 2.17. The van der Waals surface area contributed by atoms with E-state index in [2.05, 4.69) is 104 Å². The van der Waals surface area contributed by atoms with E-state index in [1.165, 1.54) is 186 Å². The Morgan fingerprint density at radius 2 is 0.667 bits per heavy atom. The first kappa shape index (κ1) is 63.6. The summed E-state index contributed by atoms with van der Waals surface area (Å²) in [6.07, 6.45) is 82.9. The van der Waals surface area contributed by atoms with Crippen LogP contribution in [0.15, 0.2) is 85.1 Å². The maximum Gasteiger partial charge on any atom is 0.220 e. The van der Waals surface area contributed by atoms with Crippen molar-refractivity contribution in [3.63, 3.8) is 0 Å². The van der Waals surface area contributed by atoms with E-state index in [0.29, 0.717) is 12.8 Å². The summed E-state index contributed by atoms with van der Waals surface area (Å²) in [6.45, 7) is 4.25. The summed E-state index contributed by atoms with van der Waals surface area (Å²) in [5.41, 5.74) is 0. The minimum absolute atomic E-state index is 0.0303. The molecule has 3 N–H and O–H groups in total. The van der Waals surface area contributed by atoms with Crippen molar-refractivity contribution in [3.05, 3.63) is 85.1 Å². The molecule has 4 heteroatoms. The molecule has 0 aromatic carbocycles. The molecule has 4 nitrogen and oxygen atoms in total. The number of unbranched alkanes of at least 4 members (excludes halogenated alkanes) is 31. The van der Waals surface area contributed by atoms with E-state index in [0.717, 1.165) is 70.6 Å². The SMILES string of the molecule is CC/C=C\C/C=C\C/C=C\C/C=C\C/C=C\C/C=C\C/C=C\CCCCCCCCCCCCCCCCCCCCCC(=O)NC(CO)C(O)CCCCCCCCCCCCCCC. The minimum atomic E-state index is -0.660. The summed E-state index contributed by atoms with van der Waals surface area (Å²) in [5.74, 6) is -0.0303. The first-order chi connectivity index (χ1) is 32.7. The van der Waals surface area contributed by atoms with Crippen LogP contribution in [0.25, 0.3) is 0 Å². The molecule has 1 amide bonds. The second kappa shape index (κ2) is 56.9. The lowest BCUT2D eigenvalue weighted by Gasteiger charge is -2.22. The summed E-state index contributed by atoms with van der Waals surface area (Å²) in [5, 5.41) is 23.2. The zero-order valence-electron chi connectivity index (χ0n) is 43.9. The lowest BCUT2D eigenvalue weighted by atomic mass is 10.0. The number of aliphatic hydroxyl groups excluding tert-OH is 2. The number of aliphatic hydroxyl groups is 2. The van der Waals surface area contributed by atoms with Gasteiger partial charge in [0, 0.05) is 6.42 Å². The second-order valence-corrected chi connectivity index (χ2v) is 19.3. The highest BCUT2D eigenvalue weighted by molar-refractivity contribution is 5.76. The van der Waals surface area contributed by atoms with Crippen LogP contribution in [0.4, 0.5) is 0 Å². The Morgan fingerprint density at radius 3 is 1.00 bits per heavy atom. The molecule has 382 valence electrons. The van der Waals surface area contributed by atoms with Gasteiger partial charge in [0.1, 0.15) is 0 Å². The van der Waals surface area contributed by atoms with Gasteiger partial charge in [-0.2, -0.15) is 0 Å². The van der Waals surface area contributed by atoms with Gasteiger partial charge in [-0.15, -0.1) is 0 Å². The van der Waals surface area contributed by atoms with Gasteiger partial charge in [0.05, 0.1) is 18.8 Å². The zero-order chi connectivity index (χ0) is 47.7. The monoisotopic (exact) mass is 918 g/mol. The molecule has 0 aliphatic rings. The van der Waals surface area contributed by atoms with Gasteiger partial charge in [-0.25, -0.2) is 0 Å². The summed E-state index contributed by atoms with van der Waals surface area (Å²) < 4.78 is 0. The van der Waals surface area contributed by atoms with Crippen molar-refractivity contribution in [2.75, 3.05) is 6.61 Å². The third-order valence-electron chi connectivity index (χ3n) is 12.9. The highest BCUT2D eigenvalue weighted by atomic mass is 16.3. The van der Waals surface area contributed by atoms with Gasteiger partial charge in [0.15, 0.2) is 0 Å². The third-order valence-corrected chi connectivity index (χ3v) is 12.9. The smallest absolute Gasteiger partial charge is 0.220 e. The zero-order valence-corrected chi connectivity index (χ0v) is 43.9. The van der Waals surface area contributed by atoms with Crippen molar-refractivity contribution in [2.24, 2.45) is 0 Å². The average Bonchev–Trinajstić information content (AvgIpc) is 3.32. The summed E-state index contributed by atoms with van der Waals surface area (Å²) >= 11 is 0. The summed E-state index contributed by atoms with van der Waals surface area (Å²) in [7, 11) is 0. The molecule has 2 atom stereocenters. The van der Waals surface area contributed by atoms with Crippen LogP contribution in [0.2, 0.25) is 0 Å². The molecule has 0 fully saturated rings. The number of hydrogen-bond donors (Lipinski definition) is 3. The molecule has 2 unspecified atom stereocenters. The van der Waals surface area contributed by atoms with Crippen LogP contribution in [0.3, 0.4) is 0 Å². The van der Waals surface area contributed by atoms with E-state index < -0.39 is 12.1 Å². The highest BCUT2D eigenvalue weighted by Gasteiger charge is 2.20. The van der Waals surface area contributed by atoms with Gasteiger partial charge in [-0.1, -0.05) is 292 Å². The molecule has 0 rings (SSSR count). The molecule has 0 aliphatic carbocycles. The number of rotatable bonds is 52. The van der Waals surface area contributed by atoms with Crippen LogP contribution in [0.1, 0.15) is 284 Å². The maximum atomic E-state index is 12.5. The topological polar surface area (TPSA) is 69.6 Å². The fraction of sp³-hybridized carbons (Fsp3) is 0.758. The van der Waals surface area contributed by atoms with Gasteiger partial charge in [-0.3, -0.25) is 4.79 Å². The van der Waals surface area contributed by atoms with E-state index in [9.17, 15) is 15.0 Å². The standard InChI is InChI=1S/C62H111NO3/c1-3-5-7-9-11-13-15-17-18-19-20-21-22-23-24-25-26-27-28-29-30-31-32-33-34-35-36-37-38-39-40-41-42-43-44-46-48-50-52-54-56-58-62(66)63-60(59-64)61(65)57-55-53-51-49-47-45-16-14-12-10-8-6-4-2/h5,7,11,13,17-18,20-21,23-24,26-27,29-30,60-61,64-65H,3-4,6,8-10,12,14-16,19,22,25,28,31-59H2,1-2H3,(H,63,66)/b7-5-,13-11-,18-17-,21-20-,24-23-,27-26-,30-29-. The van der Waals surface area contributed by atoms with Crippen molar-refractivity contribution in [3.8, 4) is 0 Å². The van der Waals surface area contributed by atoms with E-state index in [4.69, 9.17) is 0 Å². The third kappa shape index (κ3) is 52.5. The Labute approximate surface area is 411 Å². The fourth-order valence-corrected chi connectivity index (χ4v) is 8.58. The molecule has 0 aliphatic heterocycles. The summed E-state index contributed by atoms with van der Waals surface area (Å²) in [4.78, 5) is 12.5. The minimum Gasteiger partial charge on any atom is -0.394 e. The molecule has 0 aromatic rings. The summed E-state index contributed by atoms with van der Waals surface area (Å²) in [6, 6.07) is -0.537. The fourth-order valence-electron chi connectivity index (χ4n) is 8.58. The number of nitrogens with one attached hydrogen (secondary N) is 1. The van der Waals surface area contributed by atoms with E-state index in [1.54, 1.807) is 0 Å². The van der Waals surface area contributed by atoms with E-state index in [1.807, 2.05) is 0 Å². The van der Waals surface area contributed by atoms with Crippen molar-refractivity contribution in [1.29, 1.82) is 0 Å². The lowest BCUT2D eigenvalue weighted by molar-refractivity contribution is -0.123.